The molecule has 0 saturated carbocycles. The number of thiocarbonyl (C=S) groups is 1. The number of anilines is 1. The summed E-state index contributed by atoms with van der Waals surface area (Å²) < 4.78 is 5.03. The van der Waals surface area contributed by atoms with Gasteiger partial charge in [0.15, 0.2) is 5.11 Å². The molecule has 5 nitrogen and oxygen atoms in total. The smallest absolute Gasteiger partial charge is 0.232 e. The van der Waals surface area contributed by atoms with Gasteiger partial charge in [-0.15, -0.1) is 6.58 Å². The number of rotatable bonds is 4. The number of aromatic nitrogens is 2. The van der Waals surface area contributed by atoms with Crippen LogP contribution in [0.25, 0.3) is 0 Å². The summed E-state index contributed by atoms with van der Waals surface area (Å²) >= 11 is 5.03. The molecule has 16 heavy (non-hydrogen) atoms. The van der Waals surface area contributed by atoms with Crippen LogP contribution < -0.4 is 15.4 Å². The second-order valence-corrected chi connectivity index (χ2v) is 3.41. The topological polar surface area (TPSA) is 59.1 Å². The molecule has 1 heterocycles. The predicted octanol–water partition coefficient (Wildman–Crippen LogP) is 1.27. The standard InChI is InChI=1S/C10H14N4OS/c1-4-5-11-10(16)14-9-12-7(2)6-8(13-9)15-3/h4,6H,1,5H2,2-3H3,(H2,11,12,13,14,16). The average molecular weight is 238 g/mol. The van der Waals surface area contributed by atoms with Crippen molar-refractivity contribution in [3.05, 3.63) is 24.4 Å². The normalized spacial score (nSPS) is 9.38. The molecule has 1 aromatic heterocycles. The molecular formula is C10H14N4OS. The molecule has 2 N–H and O–H groups in total. The Hall–Kier alpha value is -1.69. The van der Waals surface area contributed by atoms with Gasteiger partial charge in [0, 0.05) is 18.3 Å². The van der Waals surface area contributed by atoms with Crippen molar-refractivity contribution in [2.75, 3.05) is 19.0 Å². The van der Waals surface area contributed by atoms with Gasteiger partial charge in [0.1, 0.15) is 0 Å². The first-order chi connectivity index (χ1) is 7.65. The molecule has 0 saturated heterocycles. The van der Waals surface area contributed by atoms with Crippen LogP contribution in [0, 0.1) is 6.92 Å². The van der Waals surface area contributed by atoms with Gasteiger partial charge in [-0.25, -0.2) is 4.98 Å². The Bertz CT molecular complexity index is 394. The highest BCUT2D eigenvalue weighted by Crippen LogP contribution is 2.10. The second kappa shape index (κ2) is 6.02. The Morgan fingerprint density at radius 3 is 3.00 bits per heavy atom. The molecule has 0 atom stereocenters. The lowest BCUT2D eigenvalue weighted by molar-refractivity contribution is 0.397. The summed E-state index contributed by atoms with van der Waals surface area (Å²) in [5.74, 6) is 0.917. The minimum absolute atomic E-state index is 0.415. The molecule has 86 valence electrons. The summed E-state index contributed by atoms with van der Waals surface area (Å²) in [7, 11) is 1.56. The molecule has 1 rings (SSSR count). The third-order valence-electron chi connectivity index (χ3n) is 1.67. The quantitative estimate of drug-likeness (QED) is 0.608. The fourth-order valence-corrected chi connectivity index (χ4v) is 1.19. The van der Waals surface area contributed by atoms with Crippen LogP contribution in [0.1, 0.15) is 5.69 Å². The van der Waals surface area contributed by atoms with E-state index in [0.717, 1.165) is 5.69 Å². The molecule has 0 spiro atoms. The highest BCUT2D eigenvalue weighted by Gasteiger charge is 2.03. The van der Waals surface area contributed by atoms with Crippen LogP contribution in [0.2, 0.25) is 0 Å². The van der Waals surface area contributed by atoms with Gasteiger partial charge in [-0.2, -0.15) is 4.98 Å². The van der Waals surface area contributed by atoms with Crippen molar-refractivity contribution in [1.29, 1.82) is 0 Å². The van der Waals surface area contributed by atoms with Gasteiger partial charge < -0.3 is 15.4 Å². The van der Waals surface area contributed by atoms with Crippen molar-refractivity contribution < 1.29 is 4.74 Å². The van der Waals surface area contributed by atoms with Gasteiger partial charge in [-0.3, -0.25) is 0 Å². The van der Waals surface area contributed by atoms with E-state index >= 15 is 0 Å². The van der Waals surface area contributed by atoms with Gasteiger partial charge in [-0.1, -0.05) is 6.08 Å². The number of nitrogens with one attached hydrogen (secondary N) is 2. The summed E-state index contributed by atoms with van der Waals surface area (Å²) in [4.78, 5) is 8.28. The number of hydrogen-bond donors (Lipinski definition) is 2. The first kappa shape index (κ1) is 12.4. The van der Waals surface area contributed by atoms with E-state index in [1.165, 1.54) is 0 Å². The lowest BCUT2D eigenvalue weighted by Gasteiger charge is -2.08. The molecule has 0 aliphatic carbocycles. The lowest BCUT2D eigenvalue weighted by Crippen LogP contribution is -2.29. The summed E-state index contributed by atoms with van der Waals surface area (Å²) in [6.45, 7) is 6.03. The van der Waals surface area contributed by atoms with Crippen molar-refractivity contribution in [1.82, 2.24) is 15.3 Å². The number of ether oxygens (including phenoxy) is 1. The van der Waals surface area contributed by atoms with Crippen molar-refractivity contribution >= 4 is 23.3 Å². The van der Waals surface area contributed by atoms with Crippen LogP contribution in [0.4, 0.5) is 5.95 Å². The molecule has 0 bridgehead atoms. The van der Waals surface area contributed by atoms with E-state index in [9.17, 15) is 0 Å². The Kier molecular flexibility index (Phi) is 4.65. The van der Waals surface area contributed by atoms with E-state index < -0.39 is 0 Å². The van der Waals surface area contributed by atoms with Crippen LogP contribution in [-0.4, -0.2) is 28.7 Å². The van der Waals surface area contributed by atoms with Gasteiger partial charge in [0.2, 0.25) is 11.8 Å². The summed E-state index contributed by atoms with van der Waals surface area (Å²) in [6.07, 6.45) is 1.71. The summed E-state index contributed by atoms with van der Waals surface area (Å²) in [5.41, 5.74) is 0.806. The first-order valence-electron chi connectivity index (χ1n) is 4.71. The van der Waals surface area contributed by atoms with Gasteiger partial charge in [-0.05, 0) is 19.1 Å². The largest absolute Gasteiger partial charge is 0.481 e. The van der Waals surface area contributed by atoms with Crippen LogP contribution in [0.15, 0.2) is 18.7 Å². The SMILES string of the molecule is C=CCNC(=S)Nc1nc(C)cc(OC)n1. The third-order valence-corrected chi connectivity index (χ3v) is 1.92. The zero-order valence-corrected chi connectivity index (χ0v) is 10.1. The van der Waals surface area contributed by atoms with Crippen LogP contribution >= 0.6 is 12.2 Å². The van der Waals surface area contributed by atoms with E-state index in [1.807, 2.05) is 6.92 Å². The Morgan fingerprint density at radius 1 is 1.62 bits per heavy atom. The first-order valence-corrected chi connectivity index (χ1v) is 5.12. The second-order valence-electron chi connectivity index (χ2n) is 3.00. The molecule has 0 aliphatic heterocycles. The number of methoxy groups -OCH3 is 1. The molecule has 0 aromatic carbocycles. The molecular weight excluding hydrogens is 224 g/mol. The minimum atomic E-state index is 0.415. The van der Waals surface area contributed by atoms with Gasteiger partial charge in [0.25, 0.3) is 0 Å². The number of hydrogen-bond acceptors (Lipinski definition) is 4. The number of aryl methyl sites for hydroxylation is 1. The van der Waals surface area contributed by atoms with Crippen molar-refractivity contribution in [3.63, 3.8) is 0 Å². The van der Waals surface area contributed by atoms with Crippen LogP contribution in [0.3, 0.4) is 0 Å². The van der Waals surface area contributed by atoms with E-state index in [1.54, 1.807) is 19.3 Å². The summed E-state index contributed by atoms with van der Waals surface area (Å²) in [6, 6.07) is 1.74. The molecule has 0 amide bonds. The summed E-state index contributed by atoms with van der Waals surface area (Å²) in [5, 5.41) is 6.23. The maximum absolute atomic E-state index is 5.03. The zero-order chi connectivity index (χ0) is 12.0. The Balaban J connectivity index is 2.69. The number of nitrogens with zero attached hydrogens (tertiary/aromatic N) is 2. The molecule has 6 heteroatoms. The monoisotopic (exact) mass is 238 g/mol. The average Bonchev–Trinajstić information content (AvgIpc) is 2.25. The van der Waals surface area contributed by atoms with E-state index in [2.05, 4.69) is 27.2 Å². The zero-order valence-electron chi connectivity index (χ0n) is 9.28. The molecule has 0 fully saturated rings. The maximum Gasteiger partial charge on any atom is 0.232 e. The molecule has 0 radical (unpaired) electrons. The maximum atomic E-state index is 5.03. The van der Waals surface area contributed by atoms with E-state index in [-0.39, 0.29) is 0 Å². The Morgan fingerprint density at radius 2 is 2.38 bits per heavy atom. The van der Waals surface area contributed by atoms with E-state index in [0.29, 0.717) is 23.5 Å². The van der Waals surface area contributed by atoms with Crippen molar-refractivity contribution in [3.8, 4) is 5.88 Å². The van der Waals surface area contributed by atoms with Crippen LogP contribution in [-0.2, 0) is 0 Å². The fourth-order valence-electron chi connectivity index (χ4n) is 1.01. The molecule has 1 aromatic rings. The van der Waals surface area contributed by atoms with Gasteiger partial charge in [0.05, 0.1) is 7.11 Å². The van der Waals surface area contributed by atoms with Crippen LogP contribution in [0.5, 0.6) is 5.88 Å². The fraction of sp³-hybridized carbons (Fsp3) is 0.300. The third kappa shape index (κ3) is 3.82. The van der Waals surface area contributed by atoms with Gasteiger partial charge >= 0.3 is 0 Å². The predicted molar refractivity (Wildman–Crippen MR) is 67.7 cm³/mol. The van der Waals surface area contributed by atoms with Crippen molar-refractivity contribution in [2.24, 2.45) is 0 Å². The molecule has 0 unspecified atom stereocenters. The van der Waals surface area contributed by atoms with E-state index in [4.69, 9.17) is 17.0 Å². The van der Waals surface area contributed by atoms with Crippen molar-refractivity contribution in [2.45, 2.75) is 6.92 Å². The highest BCUT2D eigenvalue weighted by molar-refractivity contribution is 7.80. The lowest BCUT2D eigenvalue weighted by atomic mass is 10.4. The minimum Gasteiger partial charge on any atom is -0.481 e. The highest BCUT2D eigenvalue weighted by atomic mass is 32.1. The Labute approximate surface area is 99.9 Å². The molecule has 0 aliphatic rings.